The SMILES string of the molecule is CCC(C)C(O)CNC(=O)NCCc1c[nH]c2cc(C)ccc12. The Morgan fingerprint density at radius 2 is 2.13 bits per heavy atom. The third kappa shape index (κ3) is 4.73. The maximum absolute atomic E-state index is 11.8. The normalized spacial score (nSPS) is 13.7. The lowest BCUT2D eigenvalue weighted by Gasteiger charge is -2.17. The Bertz CT molecular complexity index is 651. The number of hydrogen-bond acceptors (Lipinski definition) is 2. The number of H-pyrrole nitrogens is 1. The van der Waals surface area contributed by atoms with Gasteiger partial charge >= 0.3 is 6.03 Å². The second-order valence-electron chi connectivity index (χ2n) is 6.20. The lowest BCUT2D eigenvalue weighted by Crippen LogP contribution is -2.42. The number of rotatable bonds is 7. The number of benzene rings is 1. The first kappa shape index (κ1) is 17.3. The Morgan fingerprint density at radius 1 is 1.35 bits per heavy atom. The summed E-state index contributed by atoms with van der Waals surface area (Å²) in [6.45, 7) is 6.92. The minimum atomic E-state index is -0.498. The minimum absolute atomic E-state index is 0.185. The van der Waals surface area contributed by atoms with E-state index in [1.807, 2.05) is 20.0 Å². The highest BCUT2D eigenvalue weighted by molar-refractivity contribution is 5.83. The van der Waals surface area contributed by atoms with E-state index >= 15 is 0 Å². The fraction of sp³-hybridized carbons (Fsp3) is 0.500. The number of hydrogen-bond donors (Lipinski definition) is 4. The fourth-order valence-corrected chi connectivity index (χ4v) is 2.55. The number of aliphatic hydroxyl groups excluding tert-OH is 1. The molecule has 2 rings (SSSR count). The summed E-state index contributed by atoms with van der Waals surface area (Å²) in [5, 5.41) is 16.6. The number of amides is 2. The number of carbonyl (C=O) groups is 1. The summed E-state index contributed by atoms with van der Waals surface area (Å²) in [6, 6.07) is 6.09. The van der Waals surface area contributed by atoms with Crippen LogP contribution >= 0.6 is 0 Å². The topological polar surface area (TPSA) is 77.2 Å². The van der Waals surface area contributed by atoms with Gasteiger partial charge in [0.15, 0.2) is 0 Å². The standard InChI is InChI=1S/C18H27N3O2/c1-4-13(3)17(22)11-21-18(23)19-8-7-14-10-20-16-9-12(2)5-6-15(14)16/h5-6,9-10,13,17,20,22H,4,7-8,11H2,1-3H3,(H2,19,21,23). The van der Waals surface area contributed by atoms with Gasteiger partial charge in [0, 0.05) is 30.2 Å². The molecule has 0 aliphatic carbocycles. The van der Waals surface area contributed by atoms with Crippen LogP contribution in [0.4, 0.5) is 4.79 Å². The number of urea groups is 1. The third-order valence-electron chi connectivity index (χ3n) is 4.38. The molecule has 23 heavy (non-hydrogen) atoms. The second kappa shape index (κ2) is 8.02. The van der Waals surface area contributed by atoms with E-state index in [0.29, 0.717) is 6.54 Å². The molecule has 0 spiro atoms. The molecule has 4 N–H and O–H groups in total. The Balaban J connectivity index is 1.77. The van der Waals surface area contributed by atoms with Crippen molar-refractivity contribution in [3.05, 3.63) is 35.5 Å². The van der Waals surface area contributed by atoms with Crippen LogP contribution in [0.25, 0.3) is 10.9 Å². The fourth-order valence-electron chi connectivity index (χ4n) is 2.55. The van der Waals surface area contributed by atoms with Gasteiger partial charge in [-0.15, -0.1) is 0 Å². The summed E-state index contributed by atoms with van der Waals surface area (Å²) in [4.78, 5) is 15.0. The molecule has 0 radical (unpaired) electrons. The van der Waals surface area contributed by atoms with Crippen LogP contribution in [0.2, 0.25) is 0 Å². The maximum Gasteiger partial charge on any atom is 0.314 e. The van der Waals surface area contributed by atoms with Gasteiger partial charge < -0.3 is 20.7 Å². The molecule has 2 aromatic rings. The van der Waals surface area contributed by atoms with E-state index in [1.165, 1.54) is 16.5 Å². The zero-order valence-electron chi connectivity index (χ0n) is 14.1. The summed E-state index contributed by atoms with van der Waals surface area (Å²) in [5.41, 5.74) is 3.55. The zero-order valence-corrected chi connectivity index (χ0v) is 14.1. The first-order valence-corrected chi connectivity index (χ1v) is 8.27. The van der Waals surface area contributed by atoms with Gasteiger partial charge in [0.1, 0.15) is 0 Å². The number of aryl methyl sites for hydroxylation is 1. The lowest BCUT2D eigenvalue weighted by atomic mass is 10.0. The van der Waals surface area contributed by atoms with E-state index in [0.717, 1.165) is 18.4 Å². The average Bonchev–Trinajstić information content (AvgIpc) is 2.93. The van der Waals surface area contributed by atoms with Crippen LogP contribution < -0.4 is 10.6 Å². The lowest BCUT2D eigenvalue weighted by molar-refractivity contribution is 0.114. The van der Waals surface area contributed by atoms with Gasteiger partial charge in [-0.3, -0.25) is 0 Å². The van der Waals surface area contributed by atoms with Gasteiger partial charge in [0.2, 0.25) is 0 Å². The van der Waals surface area contributed by atoms with Crippen molar-refractivity contribution >= 4 is 16.9 Å². The molecule has 126 valence electrons. The second-order valence-corrected chi connectivity index (χ2v) is 6.20. The zero-order chi connectivity index (χ0) is 16.8. The van der Waals surface area contributed by atoms with Crippen molar-refractivity contribution in [1.29, 1.82) is 0 Å². The molecule has 0 saturated heterocycles. The van der Waals surface area contributed by atoms with E-state index in [9.17, 15) is 9.90 Å². The maximum atomic E-state index is 11.8. The highest BCUT2D eigenvalue weighted by atomic mass is 16.3. The van der Waals surface area contributed by atoms with Crippen molar-refractivity contribution in [1.82, 2.24) is 15.6 Å². The number of aliphatic hydroxyl groups is 1. The molecule has 5 nitrogen and oxygen atoms in total. The summed E-state index contributed by atoms with van der Waals surface area (Å²) in [7, 11) is 0. The third-order valence-corrected chi connectivity index (χ3v) is 4.38. The smallest absolute Gasteiger partial charge is 0.314 e. The van der Waals surface area contributed by atoms with Crippen LogP contribution in [-0.2, 0) is 6.42 Å². The quantitative estimate of drug-likeness (QED) is 0.634. The molecular weight excluding hydrogens is 290 g/mol. The highest BCUT2D eigenvalue weighted by Crippen LogP contribution is 2.19. The van der Waals surface area contributed by atoms with Crippen molar-refractivity contribution in [3.8, 4) is 0 Å². The van der Waals surface area contributed by atoms with Crippen molar-refractivity contribution in [2.75, 3.05) is 13.1 Å². The number of carbonyl (C=O) groups excluding carboxylic acids is 1. The van der Waals surface area contributed by atoms with Crippen molar-refractivity contribution in [3.63, 3.8) is 0 Å². The van der Waals surface area contributed by atoms with Crippen molar-refractivity contribution in [2.24, 2.45) is 5.92 Å². The van der Waals surface area contributed by atoms with Crippen LogP contribution in [0, 0.1) is 12.8 Å². The largest absolute Gasteiger partial charge is 0.391 e. The Kier molecular flexibility index (Phi) is 6.04. The minimum Gasteiger partial charge on any atom is -0.391 e. The molecule has 1 aromatic carbocycles. The Morgan fingerprint density at radius 3 is 2.87 bits per heavy atom. The van der Waals surface area contributed by atoms with E-state index < -0.39 is 6.10 Å². The molecule has 1 aromatic heterocycles. The number of aromatic nitrogens is 1. The molecule has 1 heterocycles. The van der Waals surface area contributed by atoms with Crippen molar-refractivity contribution < 1.29 is 9.90 Å². The molecule has 2 amide bonds. The molecule has 0 aliphatic heterocycles. The van der Waals surface area contributed by atoms with Gasteiger partial charge in [-0.05, 0) is 36.5 Å². The molecule has 2 unspecified atom stereocenters. The summed E-state index contributed by atoms with van der Waals surface area (Å²) in [5.74, 6) is 0.185. The first-order chi connectivity index (χ1) is 11.0. The predicted octanol–water partition coefficient (Wildman–Crippen LogP) is 2.73. The Hall–Kier alpha value is -2.01. The molecule has 2 atom stereocenters. The van der Waals surface area contributed by atoms with Gasteiger partial charge in [-0.25, -0.2) is 4.79 Å². The number of nitrogens with one attached hydrogen (secondary N) is 3. The van der Waals surface area contributed by atoms with Gasteiger partial charge in [-0.1, -0.05) is 32.4 Å². The van der Waals surface area contributed by atoms with Crippen LogP contribution in [0.15, 0.2) is 24.4 Å². The van der Waals surface area contributed by atoms with Crippen molar-refractivity contribution in [2.45, 2.75) is 39.7 Å². The van der Waals surface area contributed by atoms with E-state index in [2.05, 4.69) is 40.7 Å². The van der Waals surface area contributed by atoms with Crippen LogP contribution in [0.3, 0.4) is 0 Å². The summed E-state index contributed by atoms with van der Waals surface area (Å²) < 4.78 is 0. The molecule has 0 saturated carbocycles. The molecule has 0 aliphatic rings. The number of aromatic amines is 1. The van der Waals surface area contributed by atoms with E-state index in [1.54, 1.807) is 0 Å². The van der Waals surface area contributed by atoms with Crippen LogP contribution in [0.5, 0.6) is 0 Å². The number of fused-ring (bicyclic) bond motifs is 1. The van der Waals surface area contributed by atoms with Crippen LogP contribution in [0.1, 0.15) is 31.4 Å². The van der Waals surface area contributed by atoms with Gasteiger partial charge in [0.05, 0.1) is 6.10 Å². The van der Waals surface area contributed by atoms with Crippen LogP contribution in [-0.4, -0.2) is 35.3 Å². The molecule has 5 heteroatoms. The summed E-state index contributed by atoms with van der Waals surface area (Å²) >= 11 is 0. The monoisotopic (exact) mass is 317 g/mol. The molecule has 0 fully saturated rings. The summed E-state index contributed by atoms with van der Waals surface area (Å²) in [6.07, 6.45) is 3.16. The Labute approximate surface area is 137 Å². The molecular formula is C18H27N3O2. The first-order valence-electron chi connectivity index (χ1n) is 8.27. The van der Waals surface area contributed by atoms with E-state index in [-0.39, 0.29) is 18.5 Å². The van der Waals surface area contributed by atoms with E-state index in [4.69, 9.17) is 0 Å². The van der Waals surface area contributed by atoms with Gasteiger partial charge in [-0.2, -0.15) is 0 Å². The molecule has 0 bridgehead atoms. The van der Waals surface area contributed by atoms with Gasteiger partial charge in [0.25, 0.3) is 0 Å². The highest BCUT2D eigenvalue weighted by Gasteiger charge is 2.13. The predicted molar refractivity (Wildman–Crippen MR) is 93.6 cm³/mol. The average molecular weight is 317 g/mol.